The lowest BCUT2D eigenvalue weighted by molar-refractivity contribution is -0.155. The number of esters is 1. The fraction of sp³-hybridized carbons (Fsp3) is 0.889. The van der Waals surface area contributed by atoms with Gasteiger partial charge in [-0.15, -0.1) is 0 Å². The van der Waals surface area contributed by atoms with E-state index in [2.05, 4.69) is 0 Å². The molecule has 3 heteroatoms. The van der Waals surface area contributed by atoms with Crippen molar-refractivity contribution in [3.05, 3.63) is 0 Å². The van der Waals surface area contributed by atoms with Crippen LogP contribution in [0.2, 0.25) is 0 Å². The van der Waals surface area contributed by atoms with Gasteiger partial charge in [-0.25, -0.2) is 0 Å². The predicted octanol–water partition coefficient (Wildman–Crippen LogP) is 0.709. The van der Waals surface area contributed by atoms with Crippen molar-refractivity contribution in [3.63, 3.8) is 0 Å². The van der Waals surface area contributed by atoms with Crippen molar-refractivity contribution in [2.24, 2.45) is 11.8 Å². The van der Waals surface area contributed by atoms with Crippen LogP contribution in [-0.2, 0) is 9.53 Å². The van der Waals surface area contributed by atoms with Crippen LogP contribution in [0.3, 0.4) is 0 Å². The van der Waals surface area contributed by atoms with E-state index >= 15 is 0 Å². The lowest BCUT2D eigenvalue weighted by Gasteiger charge is -2.26. The molecule has 0 aromatic heterocycles. The number of hydrogen-bond donors (Lipinski definition) is 1. The van der Waals surface area contributed by atoms with Crippen molar-refractivity contribution in [3.8, 4) is 0 Å². The van der Waals surface area contributed by atoms with Crippen LogP contribution < -0.4 is 0 Å². The Balaban J connectivity index is 2.02. The molecule has 2 fully saturated rings. The first-order valence-corrected chi connectivity index (χ1v) is 4.54. The summed E-state index contributed by atoms with van der Waals surface area (Å²) in [5.41, 5.74) is 0. The molecule has 0 aromatic rings. The van der Waals surface area contributed by atoms with Crippen molar-refractivity contribution in [2.75, 3.05) is 0 Å². The largest absolute Gasteiger partial charge is 0.459 e. The molecule has 2 aliphatic carbocycles. The molecule has 68 valence electrons. The molecule has 2 bridgehead atoms. The van der Waals surface area contributed by atoms with Crippen molar-refractivity contribution in [1.82, 2.24) is 0 Å². The van der Waals surface area contributed by atoms with E-state index in [0.717, 1.165) is 19.3 Å². The van der Waals surface area contributed by atoms with Gasteiger partial charge in [-0.1, -0.05) is 0 Å². The van der Waals surface area contributed by atoms with Gasteiger partial charge in [0.25, 0.3) is 0 Å². The highest BCUT2D eigenvalue weighted by Gasteiger charge is 2.48. The van der Waals surface area contributed by atoms with Gasteiger partial charge in [-0.05, 0) is 31.1 Å². The lowest BCUT2D eigenvalue weighted by atomic mass is 9.95. The average Bonchev–Trinajstić information content (AvgIpc) is 2.53. The minimum atomic E-state index is -0.396. The monoisotopic (exact) mass is 170 g/mol. The van der Waals surface area contributed by atoms with Crippen LogP contribution in [-0.4, -0.2) is 23.3 Å². The lowest BCUT2D eigenvalue weighted by Crippen LogP contribution is -2.35. The number of aliphatic hydroxyl groups is 1. The first kappa shape index (κ1) is 8.05. The Bertz CT molecular complexity index is 200. The van der Waals surface area contributed by atoms with Crippen LogP contribution >= 0.6 is 0 Å². The maximum atomic E-state index is 10.7. The fourth-order valence-corrected chi connectivity index (χ4v) is 2.57. The zero-order valence-corrected chi connectivity index (χ0v) is 7.19. The Morgan fingerprint density at radius 3 is 2.58 bits per heavy atom. The molecule has 12 heavy (non-hydrogen) atoms. The number of carbonyl (C=O) groups is 1. The molecule has 0 saturated heterocycles. The van der Waals surface area contributed by atoms with E-state index in [1.54, 1.807) is 0 Å². The van der Waals surface area contributed by atoms with Crippen LogP contribution in [0.15, 0.2) is 0 Å². The van der Waals surface area contributed by atoms with Crippen LogP contribution in [0.5, 0.6) is 0 Å². The van der Waals surface area contributed by atoms with E-state index in [1.165, 1.54) is 6.92 Å². The number of carbonyl (C=O) groups excluding carboxylic acids is 1. The Hall–Kier alpha value is -0.570. The number of rotatable bonds is 1. The molecule has 2 rings (SSSR count). The number of ether oxygens (including phenoxy) is 1. The molecular weight excluding hydrogens is 156 g/mol. The van der Waals surface area contributed by atoms with Gasteiger partial charge in [0.1, 0.15) is 6.10 Å². The van der Waals surface area contributed by atoms with Gasteiger partial charge in [-0.2, -0.15) is 0 Å². The van der Waals surface area contributed by atoms with Crippen LogP contribution in [0, 0.1) is 11.8 Å². The maximum Gasteiger partial charge on any atom is 0.303 e. The molecule has 0 spiro atoms. The summed E-state index contributed by atoms with van der Waals surface area (Å²) in [6, 6.07) is 0. The van der Waals surface area contributed by atoms with Crippen molar-refractivity contribution in [1.29, 1.82) is 0 Å². The first-order valence-electron chi connectivity index (χ1n) is 4.54. The molecule has 0 amide bonds. The Morgan fingerprint density at radius 1 is 1.42 bits per heavy atom. The molecule has 0 aliphatic heterocycles. The summed E-state index contributed by atoms with van der Waals surface area (Å²) >= 11 is 0. The van der Waals surface area contributed by atoms with E-state index in [4.69, 9.17) is 4.74 Å². The Labute approximate surface area is 71.7 Å². The first-order chi connectivity index (χ1) is 5.68. The molecule has 0 radical (unpaired) electrons. The highest BCUT2D eigenvalue weighted by atomic mass is 16.6. The minimum absolute atomic E-state index is 0.207. The van der Waals surface area contributed by atoms with E-state index in [9.17, 15) is 9.90 Å². The summed E-state index contributed by atoms with van der Waals surface area (Å²) in [4.78, 5) is 10.7. The molecule has 2 saturated carbocycles. The summed E-state index contributed by atoms with van der Waals surface area (Å²) in [7, 11) is 0. The molecule has 2 aliphatic rings. The van der Waals surface area contributed by atoms with Gasteiger partial charge < -0.3 is 9.84 Å². The molecule has 0 unspecified atom stereocenters. The standard InChI is InChI=1S/C9H14O3/c1-5(10)12-9-7-3-2-6(4-7)8(9)11/h6-9,11H,2-4H2,1H3/t6-,7-,8+,9+/m0/s1. The van der Waals surface area contributed by atoms with Crippen molar-refractivity contribution >= 4 is 5.97 Å². The summed E-state index contributed by atoms with van der Waals surface area (Å²) in [6.45, 7) is 1.40. The molecule has 0 aromatic carbocycles. The van der Waals surface area contributed by atoms with E-state index in [0.29, 0.717) is 11.8 Å². The smallest absolute Gasteiger partial charge is 0.303 e. The van der Waals surface area contributed by atoms with E-state index in [-0.39, 0.29) is 12.1 Å². The average molecular weight is 170 g/mol. The maximum absolute atomic E-state index is 10.7. The molecule has 1 N–H and O–H groups in total. The second kappa shape index (κ2) is 2.73. The van der Waals surface area contributed by atoms with Gasteiger partial charge >= 0.3 is 5.97 Å². The zero-order valence-electron chi connectivity index (χ0n) is 7.19. The van der Waals surface area contributed by atoms with E-state index < -0.39 is 6.10 Å². The fourth-order valence-electron chi connectivity index (χ4n) is 2.57. The normalized spacial score (nSPS) is 44.8. The number of fused-ring (bicyclic) bond motifs is 2. The van der Waals surface area contributed by atoms with Gasteiger partial charge in [0, 0.05) is 6.92 Å². The molecule has 4 atom stereocenters. The Morgan fingerprint density at radius 2 is 2.08 bits per heavy atom. The third-order valence-corrected chi connectivity index (χ3v) is 3.10. The summed E-state index contributed by atoms with van der Waals surface area (Å²) < 4.78 is 5.07. The Kier molecular flexibility index (Phi) is 1.83. The number of hydrogen-bond acceptors (Lipinski definition) is 3. The van der Waals surface area contributed by atoms with Crippen LogP contribution in [0.4, 0.5) is 0 Å². The summed E-state index contributed by atoms with van der Waals surface area (Å²) in [5.74, 6) is 0.542. The van der Waals surface area contributed by atoms with Gasteiger partial charge in [0.2, 0.25) is 0 Å². The topological polar surface area (TPSA) is 46.5 Å². The van der Waals surface area contributed by atoms with E-state index in [1.807, 2.05) is 0 Å². The molecular formula is C9H14O3. The third-order valence-electron chi connectivity index (χ3n) is 3.10. The van der Waals surface area contributed by atoms with Crippen molar-refractivity contribution < 1.29 is 14.6 Å². The second-order valence-corrected chi connectivity index (χ2v) is 3.90. The quantitative estimate of drug-likeness (QED) is 0.589. The second-order valence-electron chi connectivity index (χ2n) is 3.90. The molecule has 3 nitrogen and oxygen atoms in total. The predicted molar refractivity (Wildman–Crippen MR) is 42.4 cm³/mol. The van der Waals surface area contributed by atoms with Crippen molar-refractivity contribution in [2.45, 2.75) is 38.4 Å². The third kappa shape index (κ3) is 1.12. The highest BCUT2D eigenvalue weighted by molar-refractivity contribution is 5.66. The van der Waals surface area contributed by atoms with Gasteiger partial charge in [-0.3, -0.25) is 4.79 Å². The molecule has 0 heterocycles. The van der Waals surface area contributed by atoms with Gasteiger partial charge in [0.05, 0.1) is 6.10 Å². The highest BCUT2D eigenvalue weighted by Crippen LogP contribution is 2.45. The minimum Gasteiger partial charge on any atom is -0.459 e. The van der Waals surface area contributed by atoms with Gasteiger partial charge in [0.15, 0.2) is 0 Å². The number of aliphatic hydroxyl groups excluding tert-OH is 1. The summed E-state index contributed by atoms with van der Waals surface area (Å²) in [5, 5.41) is 9.65. The van der Waals surface area contributed by atoms with Crippen LogP contribution in [0.25, 0.3) is 0 Å². The zero-order chi connectivity index (χ0) is 8.72. The summed E-state index contributed by atoms with van der Waals surface area (Å²) in [6.07, 6.45) is 2.65. The SMILES string of the molecule is CC(=O)O[C@@H]1[C@H]2CC[C@@H](C2)[C@H]1O. The van der Waals surface area contributed by atoms with Crippen LogP contribution in [0.1, 0.15) is 26.2 Å².